The van der Waals surface area contributed by atoms with Crippen LogP contribution in [0.5, 0.6) is 5.75 Å². The lowest BCUT2D eigenvalue weighted by atomic mass is 10.1. The second-order valence-electron chi connectivity index (χ2n) is 5.24. The number of morpholine rings is 1. The minimum Gasteiger partial charge on any atom is -0.487 e. The molecule has 0 radical (unpaired) electrons. The molecule has 122 valence electrons. The van der Waals surface area contributed by atoms with Gasteiger partial charge in [-0.3, -0.25) is 0 Å². The van der Waals surface area contributed by atoms with Gasteiger partial charge in [-0.1, -0.05) is 46.9 Å². The number of nitrogens with one attached hydrogen (secondary N) is 1. The van der Waals surface area contributed by atoms with E-state index in [1.54, 1.807) is 18.2 Å². The molecule has 6 heteroatoms. The van der Waals surface area contributed by atoms with Crippen molar-refractivity contribution in [3.63, 3.8) is 0 Å². The molecule has 0 saturated carbocycles. The van der Waals surface area contributed by atoms with E-state index >= 15 is 0 Å². The van der Waals surface area contributed by atoms with Crippen LogP contribution in [0.2, 0.25) is 15.1 Å². The maximum atomic E-state index is 6.33. The molecule has 0 amide bonds. The molecule has 1 atom stereocenters. The molecular weight excluding hydrogens is 357 g/mol. The van der Waals surface area contributed by atoms with Crippen molar-refractivity contribution in [1.29, 1.82) is 0 Å². The fourth-order valence-corrected chi connectivity index (χ4v) is 3.18. The van der Waals surface area contributed by atoms with Gasteiger partial charge < -0.3 is 14.8 Å². The lowest BCUT2D eigenvalue weighted by Crippen LogP contribution is -2.33. The molecule has 0 bridgehead atoms. The molecule has 3 nitrogen and oxygen atoms in total. The summed E-state index contributed by atoms with van der Waals surface area (Å²) in [7, 11) is 0. The van der Waals surface area contributed by atoms with Crippen LogP contribution in [0.4, 0.5) is 0 Å². The summed E-state index contributed by atoms with van der Waals surface area (Å²) >= 11 is 18.6. The molecule has 2 aromatic rings. The average Bonchev–Trinajstić information content (AvgIpc) is 2.56. The largest absolute Gasteiger partial charge is 0.487 e. The Morgan fingerprint density at radius 2 is 1.87 bits per heavy atom. The molecule has 3 rings (SSSR count). The molecular formula is C17H16Cl3NO2. The normalized spacial score (nSPS) is 18.0. The minimum absolute atomic E-state index is 0.0216. The number of halogens is 3. The molecule has 1 saturated heterocycles. The van der Waals surface area contributed by atoms with Crippen LogP contribution in [0.15, 0.2) is 36.4 Å². The highest BCUT2D eigenvalue weighted by Gasteiger charge is 2.17. The Morgan fingerprint density at radius 3 is 2.52 bits per heavy atom. The van der Waals surface area contributed by atoms with Gasteiger partial charge in [-0.05, 0) is 29.8 Å². The molecule has 1 fully saturated rings. The van der Waals surface area contributed by atoms with E-state index in [1.165, 1.54) is 0 Å². The summed E-state index contributed by atoms with van der Waals surface area (Å²) in [4.78, 5) is 0. The van der Waals surface area contributed by atoms with Crippen molar-refractivity contribution >= 4 is 34.8 Å². The number of hydrogen-bond acceptors (Lipinski definition) is 3. The van der Waals surface area contributed by atoms with Gasteiger partial charge in [0, 0.05) is 28.7 Å². The Morgan fingerprint density at radius 1 is 1.09 bits per heavy atom. The van der Waals surface area contributed by atoms with Gasteiger partial charge in [0.15, 0.2) is 0 Å². The summed E-state index contributed by atoms with van der Waals surface area (Å²) in [5.41, 5.74) is 1.78. The number of hydrogen-bond donors (Lipinski definition) is 1. The van der Waals surface area contributed by atoms with Gasteiger partial charge in [0.25, 0.3) is 0 Å². The first-order valence-electron chi connectivity index (χ1n) is 7.32. The molecule has 1 aliphatic rings. The van der Waals surface area contributed by atoms with E-state index < -0.39 is 0 Å². The summed E-state index contributed by atoms with van der Waals surface area (Å²) in [5.74, 6) is 0.593. The second kappa shape index (κ2) is 7.73. The molecule has 23 heavy (non-hydrogen) atoms. The van der Waals surface area contributed by atoms with E-state index in [9.17, 15) is 0 Å². The van der Waals surface area contributed by atoms with Crippen molar-refractivity contribution < 1.29 is 9.47 Å². The highest BCUT2D eigenvalue weighted by molar-refractivity contribution is 6.36. The summed E-state index contributed by atoms with van der Waals surface area (Å²) in [6, 6.07) is 11.1. The van der Waals surface area contributed by atoms with E-state index in [0.717, 1.165) is 24.2 Å². The van der Waals surface area contributed by atoms with Gasteiger partial charge in [0.05, 0.1) is 17.7 Å². The number of ether oxygens (including phenoxy) is 2. The van der Waals surface area contributed by atoms with Crippen molar-refractivity contribution in [2.24, 2.45) is 0 Å². The predicted molar refractivity (Wildman–Crippen MR) is 93.8 cm³/mol. The summed E-state index contributed by atoms with van der Waals surface area (Å²) < 4.78 is 11.5. The maximum Gasteiger partial charge on any atom is 0.138 e. The predicted octanol–water partition coefficient (Wildman–Crippen LogP) is 4.89. The molecule has 1 heterocycles. The molecule has 0 aliphatic carbocycles. The van der Waals surface area contributed by atoms with E-state index in [0.29, 0.717) is 27.4 Å². The fourth-order valence-electron chi connectivity index (χ4n) is 2.43. The smallest absolute Gasteiger partial charge is 0.138 e. The van der Waals surface area contributed by atoms with Crippen LogP contribution < -0.4 is 10.1 Å². The van der Waals surface area contributed by atoms with Gasteiger partial charge in [0.1, 0.15) is 12.4 Å². The second-order valence-corrected chi connectivity index (χ2v) is 6.46. The molecule has 1 unspecified atom stereocenters. The fraction of sp³-hybridized carbons (Fsp3) is 0.294. The van der Waals surface area contributed by atoms with Gasteiger partial charge in [0.2, 0.25) is 0 Å². The number of benzene rings is 2. The lowest BCUT2D eigenvalue weighted by molar-refractivity contribution is 0.0277. The first kappa shape index (κ1) is 16.9. The van der Waals surface area contributed by atoms with Gasteiger partial charge in [-0.15, -0.1) is 0 Å². The van der Waals surface area contributed by atoms with Crippen molar-refractivity contribution in [2.75, 3.05) is 19.7 Å². The van der Waals surface area contributed by atoms with Crippen LogP contribution in [0.25, 0.3) is 0 Å². The summed E-state index contributed by atoms with van der Waals surface area (Å²) in [6.07, 6.45) is 0.0216. The number of rotatable bonds is 4. The van der Waals surface area contributed by atoms with E-state index in [4.69, 9.17) is 44.3 Å². The maximum absolute atomic E-state index is 6.33. The van der Waals surface area contributed by atoms with Crippen LogP contribution >= 0.6 is 34.8 Å². The van der Waals surface area contributed by atoms with E-state index in [1.807, 2.05) is 18.2 Å². The van der Waals surface area contributed by atoms with Gasteiger partial charge in [-0.2, -0.15) is 0 Å². The highest BCUT2D eigenvalue weighted by atomic mass is 35.5. The molecule has 0 spiro atoms. The monoisotopic (exact) mass is 371 g/mol. The Hall–Kier alpha value is -0.970. The molecule has 0 aromatic heterocycles. The van der Waals surface area contributed by atoms with Gasteiger partial charge in [-0.25, -0.2) is 0 Å². The van der Waals surface area contributed by atoms with E-state index in [-0.39, 0.29) is 12.7 Å². The van der Waals surface area contributed by atoms with Crippen LogP contribution in [0, 0.1) is 0 Å². The third-order valence-electron chi connectivity index (χ3n) is 3.69. The summed E-state index contributed by atoms with van der Waals surface area (Å²) in [6.45, 7) is 2.63. The van der Waals surface area contributed by atoms with Crippen LogP contribution in [-0.4, -0.2) is 19.7 Å². The van der Waals surface area contributed by atoms with Crippen molar-refractivity contribution in [1.82, 2.24) is 5.32 Å². The first-order chi connectivity index (χ1) is 11.1. The SMILES string of the molecule is Clc1cc(C2CNCCO2)ccc1OCc1c(Cl)cccc1Cl. The first-order valence-corrected chi connectivity index (χ1v) is 8.46. The average molecular weight is 373 g/mol. The van der Waals surface area contributed by atoms with Crippen LogP contribution in [-0.2, 0) is 11.3 Å². The van der Waals surface area contributed by atoms with Crippen LogP contribution in [0.1, 0.15) is 17.2 Å². The Kier molecular flexibility index (Phi) is 5.67. The van der Waals surface area contributed by atoms with Crippen molar-refractivity contribution in [2.45, 2.75) is 12.7 Å². The van der Waals surface area contributed by atoms with Crippen molar-refractivity contribution in [3.8, 4) is 5.75 Å². The third-order valence-corrected chi connectivity index (χ3v) is 4.69. The molecule has 2 aromatic carbocycles. The standard InChI is InChI=1S/C17H16Cl3NO2/c18-13-2-1-3-14(19)12(13)10-23-16-5-4-11(8-15(16)20)17-9-21-6-7-22-17/h1-5,8,17,21H,6-7,9-10H2. The highest BCUT2D eigenvalue weighted by Crippen LogP contribution is 2.32. The Labute approximate surface area is 150 Å². The lowest BCUT2D eigenvalue weighted by Gasteiger charge is -2.24. The van der Waals surface area contributed by atoms with Crippen molar-refractivity contribution in [3.05, 3.63) is 62.6 Å². The summed E-state index contributed by atoms with van der Waals surface area (Å²) in [5, 5.41) is 4.99. The minimum atomic E-state index is 0.0216. The third kappa shape index (κ3) is 4.11. The zero-order valence-electron chi connectivity index (χ0n) is 12.3. The quantitative estimate of drug-likeness (QED) is 0.829. The van der Waals surface area contributed by atoms with Crippen LogP contribution in [0.3, 0.4) is 0 Å². The van der Waals surface area contributed by atoms with E-state index in [2.05, 4.69) is 5.32 Å². The molecule has 1 N–H and O–H groups in total. The van der Waals surface area contributed by atoms with Gasteiger partial charge >= 0.3 is 0 Å². The molecule has 1 aliphatic heterocycles. The zero-order chi connectivity index (χ0) is 16.2. The topological polar surface area (TPSA) is 30.5 Å². The zero-order valence-corrected chi connectivity index (χ0v) is 14.6. The Bertz CT molecular complexity index is 667. The Balaban J connectivity index is 1.71.